The van der Waals surface area contributed by atoms with E-state index >= 15 is 0 Å². The zero-order chi connectivity index (χ0) is 16.0. The molecule has 0 atom stereocenters. The molecule has 21 heavy (non-hydrogen) atoms. The summed E-state index contributed by atoms with van der Waals surface area (Å²) in [6.45, 7) is 0.231. The molecule has 0 aliphatic carbocycles. The second-order valence-corrected chi connectivity index (χ2v) is 5.16. The monoisotopic (exact) mass is 301 g/mol. The van der Waals surface area contributed by atoms with Gasteiger partial charge in [0.1, 0.15) is 5.75 Å². The Balaban J connectivity index is 2.48. The van der Waals surface area contributed by atoms with Crippen LogP contribution >= 0.6 is 0 Å². The number of carboxylic acids is 1. The standard InChI is InChI=1S/C14H17F2NO4/c1-14(2,12(19)20)7-11(18)17-8-9-3-5-10(6-4-9)21-13(15)16/h3-6,13H,7-8H2,1-2H3,(H,17,18)(H,19,20). The largest absolute Gasteiger partial charge is 0.481 e. The molecule has 1 amide bonds. The van der Waals surface area contributed by atoms with Crippen LogP contribution < -0.4 is 10.1 Å². The van der Waals surface area contributed by atoms with Crippen LogP contribution in [0.25, 0.3) is 0 Å². The highest BCUT2D eigenvalue weighted by Gasteiger charge is 2.29. The number of rotatable bonds is 7. The molecule has 0 saturated heterocycles. The van der Waals surface area contributed by atoms with Gasteiger partial charge >= 0.3 is 12.6 Å². The zero-order valence-electron chi connectivity index (χ0n) is 11.7. The summed E-state index contributed by atoms with van der Waals surface area (Å²) in [5.41, 5.74) is -0.447. The van der Waals surface area contributed by atoms with Gasteiger partial charge in [0.05, 0.1) is 5.41 Å². The number of nitrogens with one attached hydrogen (secondary N) is 1. The van der Waals surface area contributed by atoms with Gasteiger partial charge in [-0.1, -0.05) is 12.1 Å². The Labute approximate surface area is 120 Å². The molecule has 7 heteroatoms. The summed E-state index contributed by atoms with van der Waals surface area (Å²) in [6.07, 6.45) is -0.144. The molecule has 1 rings (SSSR count). The van der Waals surface area contributed by atoms with Gasteiger partial charge in [0, 0.05) is 13.0 Å². The van der Waals surface area contributed by atoms with Crippen LogP contribution in [0.4, 0.5) is 8.78 Å². The number of aliphatic carboxylic acids is 1. The molecular formula is C14H17F2NO4. The summed E-state index contributed by atoms with van der Waals surface area (Å²) in [4.78, 5) is 22.6. The number of hydrogen-bond acceptors (Lipinski definition) is 3. The van der Waals surface area contributed by atoms with Gasteiger partial charge in [-0.2, -0.15) is 8.78 Å². The summed E-state index contributed by atoms with van der Waals surface area (Å²) in [7, 11) is 0. The van der Waals surface area contributed by atoms with Gasteiger partial charge in [-0.15, -0.1) is 0 Å². The predicted molar refractivity (Wildman–Crippen MR) is 71.0 cm³/mol. The van der Waals surface area contributed by atoms with Crippen LogP contribution in [0.2, 0.25) is 0 Å². The highest BCUT2D eigenvalue weighted by atomic mass is 19.3. The molecule has 1 aromatic carbocycles. The summed E-state index contributed by atoms with van der Waals surface area (Å²) in [5.74, 6) is -1.41. The summed E-state index contributed by atoms with van der Waals surface area (Å²) in [6, 6.07) is 5.82. The fraction of sp³-hybridized carbons (Fsp3) is 0.429. The lowest BCUT2D eigenvalue weighted by Gasteiger charge is -2.18. The minimum absolute atomic E-state index is 0.0343. The Morgan fingerprint density at radius 2 is 1.86 bits per heavy atom. The van der Waals surface area contributed by atoms with Crippen molar-refractivity contribution in [1.29, 1.82) is 0 Å². The number of hydrogen-bond donors (Lipinski definition) is 2. The third kappa shape index (κ3) is 5.76. The molecule has 0 bridgehead atoms. The Bertz CT molecular complexity index is 500. The average Bonchev–Trinajstić information content (AvgIpc) is 2.36. The van der Waals surface area contributed by atoms with E-state index in [0.29, 0.717) is 5.56 Å². The first kappa shape index (κ1) is 16.9. The summed E-state index contributed by atoms with van der Waals surface area (Å²) in [5, 5.41) is 11.5. The molecule has 0 aromatic heterocycles. The molecule has 0 aliphatic heterocycles. The van der Waals surface area contributed by atoms with Crippen LogP contribution in [0.15, 0.2) is 24.3 Å². The topological polar surface area (TPSA) is 75.6 Å². The van der Waals surface area contributed by atoms with E-state index in [9.17, 15) is 18.4 Å². The molecule has 0 spiro atoms. The highest BCUT2D eigenvalue weighted by molar-refractivity contribution is 5.84. The first-order valence-electron chi connectivity index (χ1n) is 6.24. The number of halogens is 2. The van der Waals surface area contributed by atoms with Crippen molar-refractivity contribution < 1.29 is 28.2 Å². The lowest BCUT2D eigenvalue weighted by molar-refractivity contribution is -0.149. The van der Waals surface area contributed by atoms with Crippen molar-refractivity contribution in [2.24, 2.45) is 5.41 Å². The number of carbonyl (C=O) groups excluding carboxylic acids is 1. The van der Waals surface area contributed by atoms with E-state index in [1.54, 1.807) is 12.1 Å². The van der Waals surface area contributed by atoms with Crippen molar-refractivity contribution in [3.63, 3.8) is 0 Å². The van der Waals surface area contributed by atoms with Crippen LogP contribution in [0.3, 0.4) is 0 Å². The fourth-order valence-electron chi connectivity index (χ4n) is 1.53. The number of benzene rings is 1. The molecule has 5 nitrogen and oxygen atoms in total. The number of carboxylic acid groups (broad SMARTS) is 1. The third-order valence-electron chi connectivity index (χ3n) is 2.82. The van der Waals surface area contributed by atoms with E-state index in [-0.39, 0.29) is 18.7 Å². The first-order chi connectivity index (χ1) is 9.70. The number of ether oxygens (including phenoxy) is 1. The number of amides is 1. The Morgan fingerprint density at radius 1 is 1.29 bits per heavy atom. The molecule has 0 radical (unpaired) electrons. The molecule has 116 valence electrons. The molecule has 0 aliphatic rings. The minimum atomic E-state index is -2.88. The second kappa shape index (κ2) is 7.01. The van der Waals surface area contributed by atoms with Gasteiger partial charge in [0.25, 0.3) is 0 Å². The number of carbonyl (C=O) groups is 2. The van der Waals surface area contributed by atoms with Crippen molar-refractivity contribution in [3.8, 4) is 5.75 Å². The van der Waals surface area contributed by atoms with Gasteiger partial charge in [-0.05, 0) is 31.5 Å². The van der Waals surface area contributed by atoms with E-state index in [0.717, 1.165) is 0 Å². The van der Waals surface area contributed by atoms with E-state index < -0.39 is 23.9 Å². The fourth-order valence-corrected chi connectivity index (χ4v) is 1.53. The average molecular weight is 301 g/mol. The Hall–Kier alpha value is -2.18. The third-order valence-corrected chi connectivity index (χ3v) is 2.82. The molecular weight excluding hydrogens is 284 g/mol. The van der Waals surface area contributed by atoms with E-state index in [2.05, 4.69) is 10.1 Å². The SMILES string of the molecule is CC(C)(CC(=O)NCc1ccc(OC(F)F)cc1)C(=O)O. The minimum Gasteiger partial charge on any atom is -0.481 e. The van der Waals surface area contributed by atoms with Crippen molar-refractivity contribution in [2.75, 3.05) is 0 Å². The highest BCUT2D eigenvalue weighted by Crippen LogP contribution is 2.20. The van der Waals surface area contributed by atoms with Gasteiger partial charge in [0.15, 0.2) is 0 Å². The maximum absolute atomic E-state index is 12.0. The lowest BCUT2D eigenvalue weighted by Crippen LogP contribution is -2.33. The zero-order valence-corrected chi connectivity index (χ0v) is 11.7. The molecule has 0 unspecified atom stereocenters. The Kier molecular flexibility index (Phi) is 5.63. The second-order valence-electron chi connectivity index (χ2n) is 5.16. The molecule has 1 aromatic rings. The quantitative estimate of drug-likeness (QED) is 0.811. The number of alkyl halides is 2. The van der Waals surface area contributed by atoms with Gasteiger partial charge in [-0.25, -0.2) is 0 Å². The normalized spacial score (nSPS) is 11.3. The van der Waals surface area contributed by atoms with E-state index in [4.69, 9.17) is 5.11 Å². The van der Waals surface area contributed by atoms with Crippen LogP contribution in [-0.4, -0.2) is 23.6 Å². The smallest absolute Gasteiger partial charge is 0.387 e. The first-order valence-corrected chi connectivity index (χ1v) is 6.24. The van der Waals surface area contributed by atoms with Crippen molar-refractivity contribution in [2.45, 2.75) is 33.4 Å². The lowest BCUT2D eigenvalue weighted by atomic mass is 9.89. The molecule has 0 saturated carbocycles. The predicted octanol–water partition coefficient (Wildman–Crippen LogP) is 2.41. The van der Waals surface area contributed by atoms with Crippen LogP contribution in [0, 0.1) is 5.41 Å². The molecule has 2 N–H and O–H groups in total. The maximum Gasteiger partial charge on any atom is 0.387 e. The van der Waals surface area contributed by atoms with Crippen LogP contribution in [0.5, 0.6) is 5.75 Å². The van der Waals surface area contributed by atoms with Gasteiger partial charge in [-0.3, -0.25) is 9.59 Å². The van der Waals surface area contributed by atoms with Crippen LogP contribution in [-0.2, 0) is 16.1 Å². The molecule has 0 fully saturated rings. The summed E-state index contributed by atoms with van der Waals surface area (Å²) >= 11 is 0. The van der Waals surface area contributed by atoms with Crippen molar-refractivity contribution in [1.82, 2.24) is 5.32 Å². The molecule has 0 heterocycles. The van der Waals surface area contributed by atoms with Gasteiger partial charge in [0.2, 0.25) is 5.91 Å². The van der Waals surface area contributed by atoms with E-state index in [1.807, 2.05) is 0 Å². The van der Waals surface area contributed by atoms with Crippen LogP contribution in [0.1, 0.15) is 25.8 Å². The van der Waals surface area contributed by atoms with Gasteiger partial charge < -0.3 is 15.2 Å². The van der Waals surface area contributed by atoms with Crippen molar-refractivity contribution >= 4 is 11.9 Å². The summed E-state index contributed by atoms with van der Waals surface area (Å²) < 4.78 is 28.1. The maximum atomic E-state index is 12.0. The van der Waals surface area contributed by atoms with Crippen molar-refractivity contribution in [3.05, 3.63) is 29.8 Å². The van der Waals surface area contributed by atoms with E-state index in [1.165, 1.54) is 26.0 Å². The Morgan fingerprint density at radius 3 is 2.33 bits per heavy atom.